The summed E-state index contributed by atoms with van der Waals surface area (Å²) in [5, 5.41) is 9.68. The molecule has 2 aromatic rings. The summed E-state index contributed by atoms with van der Waals surface area (Å²) in [6.07, 6.45) is 4.90. The molecule has 0 unspecified atom stereocenters. The number of nitrogens with zero attached hydrogens (tertiary/aromatic N) is 2. The summed E-state index contributed by atoms with van der Waals surface area (Å²) in [6.45, 7) is 0. The number of aromatic nitrogens is 2. The highest BCUT2D eigenvalue weighted by molar-refractivity contribution is 7.89. The molecule has 0 bridgehead atoms. The number of aliphatic hydroxyl groups excluding tert-OH is 1. The summed E-state index contributed by atoms with van der Waals surface area (Å²) in [5.41, 5.74) is 6.61. The van der Waals surface area contributed by atoms with Crippen molar-refractivity contribution in [2.75, 3.05) is 5.73 Å². The van der Waals surface area contributed by atoms with Gasteiger partial charge in [-0.2, -0.15) is 0 Å². The van der Waals surface area contributed by atoms with E-state index < -0.39 is 10.0 Å². The van der Waals surface area contributed by atoms with Gasteiger partial charge in [0.1, 0.15) is 10.7 Å². The molecule has 25 heavy (non-hydrogen) atoms. The molecule has 0 aliphatic heterocycles. The molecule has 9 heteroatoms. The van der Waals surface area contributed by atoms with Gasteiger partial charge in [0.15, 0.2) is 0 Å². The van der Waals surface area contributed by atoms with Gasteiger partial charge in [0.2, 0.25) is 10.0 Å². The number of halogens is 1. The van der Waals surface area contributed by atoms with Crippen LogP contribution in [0.15, 0.2) is 35.5 Å². The first-order chi connectivity index (χ1) is 11.8. The first-order valence-corrected chi connectivity index (χ1v) is 9.79. The van der Waals surface area contributed by atoms with Crippen LogP contribution in [-0.2, 0) is 10.0 Å². The largest absolute Gasteiger partial charge is 0.393 e. The lowest BCUT2D eigenvalue weighted by Crippen LogP contribution is -2.38. The molecule has 134 valence electrons. The first kappa shape index (κ1) is 18.1. The van der Waals surface area contributed by atoms with Crippen molar-refractivity contribution in [1.82, 2.24) is 14.7 Å². The fourth-order valence-corrected chi connectivity index (χ4v) is 4.66. The maximum absolute atomic E-state index is 12.7. The Balaban J connectivity index is 1.87. The average molecular weight is 383 g/mol. The molecule has 1 aliphatic rings. The van der Waals surface area contributed by atoms with Gasteiger partial charge < -0.3 is 10.8 Å². The minimum Gasteiger partial charge on any atom is -0.393 e. The summed E-state index contributed by atoms with van der Waals surface area (Å²) >= 11 is 6.12. The molecule has 0 radical (unpaired) electrons. The summed E-state index contributed by atoms with van der Waals surface area (Å²) in [5.74, 6) is 0.284. The molecule has 0 atom stereocenters. The Morgan fingerprint density at radius 1 is 1.16 bits per heavy atom. The summed E-state index contributed by atoms with van der Waals surface area (Å²) < 4.78 is 28.1. The van der Waals surface area contributed by atoms with Gasteiger partial charge in [-0.3, -0.25) is 4.98 Å². The Morgan fingerprint density at radius 2 is 1.88 bits per heavy atom. The van der Waals surface area contributed by atoms with E-state index in [0.717, 1.165) is 0 Å². The van der Waals surface area contributed by atoms with E-state index in [0.29, 0.717) is 36.9 Å². The second-order valence-electron chi connectivity index (χ2n) is 6.10. The van der Waals surface area contributed by atoms with Gasteiger partial charge in [-0.1, -0.05) is 17.7 Å². The Morgan fingerprint density at radius 3 is 2.52 bits per heavy atom. The Kier molecular flexibility index (Phi) is 5.24. The van der Waals surface area contributed by atoms with Crippen LogP contribution in [0.5, 0.6) is 0 Å². The van der Waals surface area contributed by atoms with Crippen LogP contribution in [0.4, 0.5) is 5.82 Å². The van der Waals surface area contributed by atoms with Gasteiger partial charge in [-0.05, 0) is 37.8 Å². The Labute approximate surface area is 151 Å². The smallest absolute Gasteiger partial charge is 0.242 e. The molecular weight excluding hydrogens is 364 g/mol. The van der Waals surface area contributed by atoms with E-state index in [4.69, 9.17) is 17.3 Å². The van der Waals surface area contributed by atoms with Crippen LogP contribution in [0.2, 0.25) is 5.02 Å². The van der Waals surface area contributed by atoms with Crippen molar-refractivity contribution in [1.29, 1.82) is 0 Å². The molecule has 0 saturated heterocycles. The molecule has 4 N–H and O–H groups in total. The Hall–Kier alpha value is -1.74. The van der Waals surface area contributed by atoms with E-state index >= 15 is 0 Å². The van der Waals surface area contributed by atoms with Crippen LogP contribution in [-0.4, -0.2) is 35.6 Å². The molecule has 1 aromatic heterocycles. The molecule has 1 heterocycles. The molecular formula is C16H19ClN4O3S. The van der Waals surface area contributed by atoms with Gasteiger partial charge in [-0.25, -0.2) is 18.1 Å². The van der Waals surface area contributed by atoms with Gasteiger partial charge in [0, 0.05) is 11.6 Å². The second kappa shape index (κ2) is 7.25. The topological polar surface area (TPSA) is 118 Å². The second-order valence-corrected chi connectivity index (χ2v) is 8.19. The number of nitrogens with two attached hydrogens (primary N) is 1. The molecule has 1 aliphatic carbocycles. The van der Waals surface area contributed by atoms with E-state index in [1.54, 1.807) is 6.07 Å². The number of nitrogens with one attached hydrogen (secondary N) is 1. The number of rotatable bonds is 4. The van der Waals surface area contributed by atoms with Crippen LogP contribution in [0, 0.1) is 0 Å². The molecule has 1 saturated carbocycles. The predicted molar refractivity (Wildman–Crippen MR) is 95.5 cm³/mol. The molecule has 1 fully saturated rings. The fourth-order valence-electron chi connectivity index (χ4n) is 2.83. The lowest BCUT2D eigenvalue weighted by molar-refractivity contribution is 0.120. The van der Waals surface area contributed by atoms with Crippen molar-refractivity contribution < 1.29 is 13.5 Å². The third kappa shape index (κ3) is 4.27. The van der Waals surface area contributed by atoms with Crippen molar-refractivity contribution in [3.8, 4) is 11.3 Å². The van der Waals surface area contributed by atoms with Crippen molar-refractivity contribution in [2.45, 2.75) is 42.7 Å². The van der Waals surface area contributed by atoms with Crippen LogP contribution >= 0.6 is 11.6 Å². The quantitative estimate of drug-likeness (QED) is 0.743. The van der Waals surface area contributed by atoms with E-state index in [9.17, 15) is 13.5 Å². The molecule has 1 aromatic carbocycles. The monoisotopic (exact) mass is 382 g/mol. The third-order valence-corrected chi connectivity index (χ3v) is 6.21. The van der Waals surface area contributed by atoms with E-state index in [1.165, 1.54) is 24.5 Å². The summed E-state index contributed by atoms with van der Waals surface area (Å²) in [7, 11) is -3.78. The molecule has 0 amide bonds. The predicted octanol–water partition coefficient (Wildman–Crippen LogP) is 1.96. The lowest BCUT2D eigenvalue weighted by atomic mass is 9.94. The first-order valence-electron chi connectivity index (χ1n) is 7.93. The number of aliphatic hydroxyl groups is 1. The Bertz CT molecular complexity index is 850. The summed E-state index contributed by atoms with van der Waals surface area (Å²) in [4.78, 5) is 8.11. The highest BCUT2D eigenvalue weighted by Gasteiger charge is 2.26. The average Bonchev–Trinajstić information content (AvgIpc) is 2.58. The lowest BCUT2D eigenvalue weighted by Gasteiger charge is -2.26. The van der Waals surface area contributed by atoms with Crippen LogP contribution in [0.3, 0.4) is 0 Å². The van der Waals surface area contributed by atoms with Gasteiger partial charge >= 0.3 is 0 Å². The van der Waals surface area contributed by atoms with Gasteiger partial charge in [0.25, 0.3) is 0 Å². The van der Waals surface area contributed by atoms with Gasteiger partial charge in [-0.15, -0.1) is 0 Å². The van der Waals surface area contributed by atoms with E-state index in [1.807, 2.05) is 0 Å². The molecule has 0 spiro atoms. The van der Waals surface area contributed by atoms with Crippen molar-refractivity contribution in [2.24, 2.45) is 0 Å². The number of hydrogen-bond donors (Lipinski definition) is 3. The zero-order valence-corrected chi connectivity index (χ0v) is 15.0. The number of benzene rings is 1. The standard InChI is InChI=1S/C16H19ClN4O3S/c17-13-6-1-10(14-8-20-16(18)9-19-14)7-15(13)25(23,24)21-11-2-4-12(22)5-3-11/h1,6-9,11-12,21-22H,2-5H2,(H2,18,20). The van der Waals surface area contributed by atoms with E-state index in [2.05, 4.69) is 14.7 Å². The minimum absolute atomic E-state index is 0.00332. The van der Waals surface area contributed by atoms with E-state index in [-0.39, 0.29) is 27.9 Å². The molecule has 3 rings (SSSR count). The number of hydrogen-bond acceptors (Lipinski definition) is 6. The van der Waals surface area contributed by atoms with Crippen molar-refractivity contribution >= 4 is 27.4 Å². The molecule has 7 nitrogen and oxygen atoms in total. The van der Waals surface area contributed by atoms with Crippen molar-refractivity contribution in [3.63, 3.8) is 0 Å². The van der Waals surface area contributed by atoms with Crippen LogP contribution in [0.1, 0.15) is 25.7 Å². The van der Waals surface area contributed by atoms with Crippen LogP contribution < -0.4 is 10.5 Å². The normalized spacial score (nSPS) is 21.2. The highest BCUT2D eigenvalue weighted by atomic mass is 35.5. The van der Waals surface area contributed by atoms with Crippen molar-refractivity contribution in [3.05, 3.63) is 35.6 Å². The fraction of sp³-hybridized carbons (Fsp3) is 0.375. The maximum Gasteiger partial charge on any atom is 0.242 e. The number of sulfonamides is 1. The third-order valence-electron chi connectivity index (χ3n) is 4.21. The maximum atomic E-state index is 12.7. The zero-order valence-electron chi connectivity index (χ0n) is 13.4. The minimum atomic E-state index is -3.78. The zero-order chi connectivity index (χ0) is 18.0. The van der Waals surface area contributed by atoms with Crippen LogP contribution in [0.25, 0.3) is 11.3 Å². The summed E-state index contributed by atoms with van der Waals surface area (Å²) in [6, 6.07) is 4.47. The SMILES string of the molecule is Nc1cnc(-c2ccc(Cl)c(S(=O)(=O)NC3CCC(O)CC3)c2)cn1. The number of anilines is 1. The van der Waals surface area contributed by atoms with Gasteiger partial charge in [0.05, 0.1) is 29.2 Å². The highest BCUT2D eigenvalue weighted by Crippen LogP contribution is 2.28. The number of nitrogen functional groups attached to an aromatic ring is 1.